The van der Waals surface area contributed by atoms with E-state index in [4.69, 9.17) is 5.73 Å². The maximum Gasteiger partial charge on any atom is 0.147 e. The monoisotopic (exact) mass is 300 g/mol. The van der Waals surface area contributed by atoms with Crippen LogP contribution in [0.3, 0.4) is 0 Å². The first-order chi connectivity index (χ1) is 10.3. The summed E-state index contributed by atoms with van der Waals surface area (Å²) < 4.78 is 4.43. The van der Waals surface area contributed by atoms with E-state index < -0.39 is 0 Å². The second-order valence-corrected chi connectivity index (χ2v) is 7.03. The number of nitrogen functional groups attached to an aromatic ring is 1. The van der Waals surface area contributed by atoms with Crippen LogP contribution in [-0.4, -0.2) is 22.4 Å². The summed E-state index contributed by atoms with van der Waals surface area (Å²) >= 11 is 1.55. The molecule has 2 fully saturated rings. The van der Waals surface area contributed by atoms with Gasteiger partial charge in [0, 0.05) is 25.5 Å². The smallest absolute Gasteiger partial charge is 0.147 e. The second kappa shape index (κ2) is 5.30. The van der Waals surface area contributed by atoms with Gasteiger partial charge in [0.25, 0.3) is 0 Å². The van der Waals surface area contributed by atoms with Crippen LogP contribution in [-0.2, 0) is 0 Å². The van der Waals surface area contributed by atoms with E-state index in [1.807, 2.05) is 24.5 Å². The molecule has 0 bridgehead atoms. The summed E-state index contributed by atoms with van der Waals surface area (Å²) in [5.74, 6) is 2.40. The number of aromatic nitrogens is 2. The number of hydrogen-bond donors (Lipinski definition) is 1. The Bertz CT molecular complexity index is 602. The van der Waals surface area contributed by atoms with Crippen molar-refractivity contribution < 1.29 is 0 Å². The Balaban J connectivity index is 1.68. The van der Waals surface area contributed by atoms with E-state index in [1.165, 1.54) is 30.7 Å². The maximum atomic E-state index is 6.16. The quantitative estimate of drug-likeness (QED) is 0.888. The van der Waals surface area contributed by atoms with E-state index in [0.29, 0.717) is 5.82 Å². The molecule has 110 valence electrons. The van der Waals surface area contributed by atoms with E-state index in [2.05, 4.69) is 14.3 Å². The highest BCUT2D eigenvalue weighted by Crippen LogP contribution is 2.43. The summed E-state index contributed by atoms with van der Waals surface area (Å²) in [4.78, 5) is 6.65. The fourth-order valence-electron chi connectivity index (χ4n) is 2.76. The fraction of sp³-hybridized carbons (Fsp3) is 0.500. The van der Waals surface area contributed by atoms with E-state index in [9.17, 15) is 0 Å². The Hall–Kier alpha value is -1.62. The molecule has 0 radical (unpaired) electrons. The van der Waals surface area contributed by atoms with Gasteiger partial charge >= 0.3 is 0 Å². The lowest BCUT2D eigenvalue weighted by atomic mass is 10.1. The van der Waals surface area contributed by atoms with Crippen molar-refractivity contribution in [1.29, 1.82) is 0 Å². The summed E-state index contributed by atoms with van der Waals surface area (Å²) in [5, 5.41) is 1.25. The molecule has 0 aromatic carbocycles. The highest BCUT2D eigenvalue weighted by atomic mass is 32.1. The first-order valence-corrected chi connectivity index (χ1v) is 8.49. The molecule has 4 rings (SSSR count). The van der Waals surface area contributed by atoms with Gasteiger partial charge in [-0.15, -0.1) is 0 Å². The van der Waals surface area contributed by atoms with E-state index in [1.54, 1.807) is 11.5 Å². The minimum Gasteiger partial charge on any atom is -0.382 e. The molecule has 4 nitrogen and oxygen atoms in total. The molecule has 2 saturated carbocycles. The molecule has 2 N–H and O–H groups in total. The van der Waals surface area contributed by atoms with Gasteiger partial charge in [-0.25, -0.2) is 0 Å². The van der Waals surface area contributed by atoms with Crippen LogP contribution in [0.1, 0.15) is 25.7 Å². The lowest BCUT2D eigenvalue weighted by molar-refractivity contribution is 0.684. The molecular formula is C16H20N4S. The number of nitrogens with two attached hydrogens (primary N) is 1. The molecule has 2 aliphatic carbocycles. The average molecular weight is 300 g/mol. The van der Waals surface area contributed by atoms with Gasteiger partial charge in [-0.1, -0.05) is 0 Å². The zero-order valence-corrected chi connectivity index (χ0v) is 12.9. The minimum absolute atomic E-state index is 0.651. The lowest BCUT2D eigenvalue weighted by Crippen LogP contribution is -2.27. The van der Waals surface area contributed by atoms with Gasteiger partial charge in [0.1, 0.15) is 10.8 Å². The highest BCUT2D eigenvalue weighted by Gasteiger charge is 2.31. The van der Waals surface area contributed by atoms with Crippen LogP contribution in [0, 0.1) is 11.8 Å². The van der Waals surface area contributed by atoms with Crippen molar-refractivity contribution in [3.63, 3.8) is 0 Å². The second-order valence-electron chi connectivity index (χ2n) is 6.28. The van der Waals surface area contributed by atoms with Crippen LogP contribution in [0.25, 0.3) is 11.1 Å². The Morgan fingerprint density at radius 2 is 1.71 bits per heavy atom. The molecule has 0 unspecified atom stereocenters. The third kappa shape index (κ3) is 2.88. The van der Waals surface area contributed by atoms with Crippen molar-refractivity contribution in [3.05, 3.63) is 24.5 Å². The SMILES string of the molecule is Nc1nsc(N(CC2CC2)CC2CC2)c1-c1ccncc1. The van der Waals surface area contributed by atoms with Gasteiger partial charge in [0.15, 0.2) is 0 Å². The van der Waals surface area contributed by atoms with Crippen molar-refractivity contribution in [2.45, 2.75) is 25.7 Å². The van der Waals surface area contributed by atoms with Crippen LogP contribution >= 0.6 is 11.5 Å². The van der Waals surface area contributed by atoms with Crippen LogP contribution in [0.5, 0.6) is 0 Å². The Kier molecular flexibility index (Phi) is 3.30. The standard InChI is InChI=1S/C16H20N4S/c17-15-14(13-5-7-18-8-6-13)16(21-19-15)20(9-11-1-2-11)10-12-3-4-12/h5-8,11-12H,1-4,9-10H2,(H2,17,19). The van der Waals surface area contributed by atoms with Gasteiger partial charge in [0.2, 0.25) is 0 Å². The Labute approximate surface area is 129 Å². The van der Waals surface area contributed by atoms with Gasteiger partial charge in [-0.3, -0.25) is 4.98 Å². The van der Waals surface area contributed by atoms with Gasteiger partial charge in [0.05, 0.1) is 5.56 Å². The first-order valence-electron chi connectivity index (χ1n) is 7.71. The van der Waals surface area contributed by atoms with Crippen molar-refractivity contribution in [1.82, 2.24) is 9.36 Å². The van der Waals surface area contributed by atoms with E-state index in [-0.39, 0.29) is 0 Å². The first kappa shape index (κ1) is 13.1. The molecule has 0 amide bonds. The Morgan fingerprint density at radius 1 is 1.10 bits per heavy atom. The van der Waals surface area contributed by atoms with Gasteiger partial charge in [-0.2, -0.15) is 4.37 Å². The summed E-state index contributed by atoms with van der Waals surface area (Å²) in [6.07, 6.45) is 9.14. The number of hydrogen-bond acceptors (Lipinski definition) is 5. The fourth-order valence-corrected chi connectivity index (χ4v) is 3.62. The molecule has 2 aromatic rings. The van der Waals surface area contributed by atoms with Gasteiger partial charge < -0.3 is 10.6 Å². The largest absolute Gasteiger partial charge is 0.382 e. The summed E-state index contributed by atoms with van der Waals surface area (Å²) in [6.45, 7) is 2.33. The normalized spacial score (nSPS) is 17.9. The van der Waals surface area contributed by atoms with Crippen LogP contribution in [0.15, 0.2) is 24.5 Å². The van der Waals surface area contributed by atoms with Crippen molar-refractivity contribution in [2.24, 2.45) is 11.8 Å². The molecule has 21 heavy (non-hydrogen) atoms. The van der Waals surface area contributed by atoms with Crippen molar-refractivity contribution in [3.8, 4) is 11.1 Å². The molecule has 2 aliphatic rings. The van der Waals surface area contributed by atoms with Crippen LogP contribution < -0.4 is 10.6 Å². The third-order valence-electron chi connectivity index (χ3n) is 4.31. The maximum absolute atomic E-state index is 6.16. The number of rotatable bonds is 6. The predicted molar refractivity (Wildman–Crippen MR) is 87.4 cm³/mol. The minimum atomic E-state index is 0.651. The molecule has 0 saturated heterocycles. The summed E-state index contributed by atoms with van der Waals surface area (Å²) in [5.41, 5.74) is 8.38. The molecule has 0 aliphatic heterocycles. The van der Waals surface area contributed by atoms with E-state index in [0.717, 1.165) is 36.1 Å². The molecule has 2 aromatic heterocycles. The number of pyridine rings is 1. The Morgan fingerprint density at radius 3 is 2.29 bits per heavy atom. The average Bonchev–Trinajstić information content (AvgIpc) is 3.42. The van der Waals surface area contributed by atoms with E-state index >= 15 is 0 Å². The highest BCUT2D eigenvalue weighted by molar-refractivity contribution is 7.11. The van der Waals surface area contributed by atoms with Crippen LogP contribution in [0.2, 0.25) is 0 Å². The number of anilines is 2. The number of nitrogens with zero attached hydrogens (tertiary/aromatic N) is 3. The third-order valence-corrected chi connectivity index (χ3v) is 5.23. The molecule has 0 spiro atoms. The lowest BCUT2D eigenvalue weighted by Gasteiger charge is -2.24. The zero-order chi connectivity index (χ0) is 14.2. The van der Waals surface area contributed by atoms with Gasteiger partial charge in [-0.05, 0) is 66.7 Å². The zero-order valence-electron chi connectivity index (χ0n) is 12.0. The van der Waals surface area contributed by atoms with Crippen molar-refractivity contribution >= 4 is 22.4 Å². The molecule has 0 atom stereocenters. The molecule has 5 heteroatoms. The summed E-state index contributed by atoms with van der Waals surface area (Å²) in [7, 11) is 0. The predicted octanol–water partition coefficient (Wildman–Crippen LogP) is 3.41. The molecule has 2 heterocycles. The van der Waals surface area contributed by atoms with Crippen LogP contribution in [0.4, 0.5) is 10.8 Å². The van der Waals surface area contributed by atoms with Crippen molar-refractivity contribution in [2.75, 3.05) is 23.7 Å². The molecular weight excluding hydrogens is 280 g/mol. The summed E-state index contributed by atoms with van der Waals surface area (Å²) in [6, 6.07) is 4.05. The topological polar surface area (TPSA) is 55.0 Å².